The molecule has 2 aromatic carbocycles. The Morgan fingerprint density at radius 3 is 2.59 bits per heavy atom. The van der Waals surface area contributed by atoms with Gasteiger partial charge in [0, 0.05) is 41.6 Å². The second-order valence-electron chi connectivity index (χ2n) is 9.76. The van der Waals surface area contributed by atoms with E-state index in [4.69, 9.17) is 0 Å². The Labute approximate surface area is 247 Å². The van der Waals surface area contributed by atoms with Gasteiger partial charge in [0.1, 0.15) is 11.5 Å². The lowest BCUT2D eigenvalue weighted by Gasteiger charge is -2.14. The molecule has 0 aliphatic carbocycles. The van der Waals surface area contributed by atoms with Crippen molar-refractivity contribution in [3.05, 3.63) is 126 Å². The highest BCUT2D eigenvalue weighted by molar-refractivity contribution is 6.05. The number of nitrogens with zero attached hydrogens (tertiary/aromatic N) is 4. The smallest absolute Gasteiger partial charge is 0.350 e. The number of amides is 1. The minimum absolute atomic E-state index is 0.151. The zero-order chi connectivity index (χ0) is 30.8. The van der Waals surface area contributed by atoms with Gasteiger partial charge in [-0.15, -0.1) is 0 Å². The van der Waals surface area contributed by atoms with Crippen LogP contribution < -0.4 is 10.6 Å². The number of fused-ring (bicyclic) bond motifs is 1. The van der Waals surface area contributed by atoms with Crippen molar-refractivity contribution in [1.82, 2.24) is 24.6 Å². The van der Waals surface area contributed by atoms with Gasteiger partial charge in [-0.05, 0) is 72.5 Å². The summed E-state index contributed by atoms with van der Waals surface area (Å²) in [6.07, 6.45) is 4.93. The summed E-state index contributed by atoms with van der Waals surface area (Å²) in [6, 6.07) is 12.4. The Bertz CT molecular complexity index is 2060. The molecule has 0 atom stereocenters. The molecule has 0 saturated carbocycles. The predicted molar refractivity (Wildman–Crippen MR) is 157 cm³/mol. The van der Waals surface area contributed by atoms with Crippen LogP contribution in [-0.2, 0) is 6.18 Å². The van der Waals surface area contributed by atoms with Gasteiger partial charge in [0.15, 0.2) is 5.65 Å². The molecule has 8 nitrogen and oxygen atoms in total. The third-order valence-corrected chi connectivity index (χ3v) is 6.71. The van der Waals surface area contributed by atoms with E-state index < -0.39 is 23.5 Å². The first kappa shape index (κ1) is 28.2. The summed E-state index contributed by atoms with van der Waals surface area (Å²) in [5.41, 5.74) is 2.58. The van der Waals surface area contributed by atoms with Crippen LogP contribution in [0.1, 0.15) is 32.7 Å². The lowest BCUT2D eigenvalue weighted by molar-refractivity contribution is -0.137. The van der Waals surface area contributed by atoms with E-state index in [-0.39, 0.29) is 16.8 Å². The number of nitrogens with one attached hydrogen (secondary N) is 3. The number of benzene rings is 2. The topological polar surface area (TPSA) is 100 Å². The van der Waals surface area contributed by atoms with Crippen LogP contribution in [-0.4, -0.2) is 30.5 Å². The Kier molecular flexibility index (Phi) is 7.28. The van der Waals surface area contributed by atoms with E-state index in [9.17, 15) is 22.4 Å². The van der Waals surface area contributed by atoms with Crippen LogP contribution in [0, 0.1) is 24.6 Å². The van der Waals surface area contributed by atoms with Gasteiger partial charge in [-0.25, -0.2) is 9.37 Å². The fourth-order valence-corrected chi connectivity index (χ4v) is 4.55. The number of H-pyrrole nitrogens is 1. The van der Waals surface area contributed by atoms with E-state index in [1.807, 2.05) is 12.1 Å². The number of anilines is 3. The molecule has 3 N–H and O–H groups in total. The first-order valence-corrected chi connectivity index (χ1v) is 13.1. The summed E-state index contributed by atoms with van der Waals surface area (Å²) >= 11 is 0. The number of hydrogen-bond donors (Lipinski definition) is 3. The molecule has 0 bridgehead atoms. The van der Waals surface area contributed by atoms with Gasteiger partial charge < -0.3 is 10.6 Å². The molecule has 0 unspecified atom stereocenters. The number of aromatic nitrogens is 5. The number of alkyl halides is 3. The van der Waals surface area contributed by atoms with Gasteiger partial charge >= 0.3 is 6.18 Å². The van der Waals surface area contributed by atoms with Crippen LogP contribution in [0.15, 0.2) is 91.8 Å². The molecule has 4 aromatic heterocycles. The van der Waals surface area contributed by atoms with Gasteiger partial charge in [0.2, 0.25) is 0 Å². The minimum atomic E-state index is -4.68. The predicted octanol–water partition coefficient (Wildman–Crippen LogP) is 6.98. The van der Waals surface area contributed by atoms with Gasteiger partial charge in [-0.2, -0.15) is 18.3 Å². The molecule has 4 heterocycles. The van der Waals surface area contributed by atoms with E-state index in [2.05, 4.69) is 42.6 Å². The highest BCUT2D eigenvalue weighted by Gasteiger charge is 2.31. The number of aromatic amines is 1. The van der Waals surface area contributed by atoms with Gasteiger partial charge in [0.25, 0.3) is 5.91 Å². The standard InChI is InChI=1S/C32H21F4N7O/c1-19-10-28(33)27(31(44)42-24-12-22(21-4-2-8-37-15-21)11-23(14-24)32(34,35)36)13-20(19)6-7-26-18-38-30-29(5-3-9-43(26)30)41-25-16-39-40-17-25/h2-5,8-18,41H,1H3,(H,39,40)(H,42,44). The molecule has 6 aromatic rings. The van der Waals surface area contributed by atoms with Crippen molar-refractivity contribution in [3.8, 4) is 23.0 Å². The maximum Gasteiger partial charge on any atom is 0.416 e. The highest BCUT2D eigenvalue weighted by Crippen LogP contribution is 2.35. The summed E-state index contributed by atoms with van der Waals surface area (Å²) < 4.78 is 57.8. The summed E-state index contributed by atoms with van der Waals surface area (Å²) in [4.78, 5) is 21.6. The van der Waals surface area contributed by atoms with Gasteiger partial charge in [0.05, 0.1) is 34.9 Å². The largest absolute Gasteiger partial charge is 0.416 e. The Balaban J connectivity index is 1.30. The third-order valence-electron chi connectivity index (χ3n) is 6.71. The average Bonchev–Trinajstić information content (AvgIpc) is 3.67. The monoisotopic (exact) mass is 595 g/mol. The molecule has 0 spiro atoms. The fourth-order valence-electron chi connectivity index (χ4n) is 4.55. The Morgan fingerprint density at radius 1 is 0.977 bits per heavy atom. The molecular weight excluding hydrogens is 574 g/mol. The third kappa shape index (κ3) is 5.84. The molecule has 0 fully saturated rings. The fraction of sp³-hybridized carbons (Fsp3) is 0.0625. The second-order valence-corrected chi connectivity index (χ2v) is 9.76. The lowest BCUT2D eigenvalue weighted by Crippen LogP contribution is -2.15. The van der Waals surface area contributed by atoms with E-state index in [0.29, 0.717) is 28.0 Å². The van der Waals surface area contributed by atoms with E-state index in [1.165, 1.54) is 24.5 Å². The molecule has 1 amide bonds. The summed E-state index contributed by atoms with van der Waals surface area (Å²) in [5.74, 6) is 4.22. The number of pyridine rings is 2. The number of rotatable bonds is 5. The molecule has 12 heteroatoms. The Morgan fingerprint density at radius 2 is 1.84 bits per heavy atom. The van der Waals surface area contributed by atoms with Crippen molar-refractivity contribution < 1.29 is 22.4 Å². The van der Waals surface area contributed by atoms with Gasteiger partial charge in [-0.1, -0.05) is 12.0 Å². The van der Waals surface area contributed by atoms with E-state index in [0.717, 1.165) is 29.6 Å². The molecule has 0 saturated heterocycles. The number of imidazole rings is 1. The number of carbonyl (C=O) groups excluding carboxylic acids is 1. The van der Waals surface area contributed by atoms with Crippen molar-refractivity contribution in [2.45, 2.75) is 13.1 Å². The Hall–Kier alpha value is -5.96. The maximum atomic E-state index is 15.0. The molecular formula is C32H21F4N7O. The SMILES string of the molecule is Cc1cc(F)c(C(=O)Nc2cc(-c3cccnc3)cc(C(F)(F)F)c2)cc1C#Cc1cnc2c(Nc3cn[nH]c3)cccn12. The normalized spacial score (nSPS) is 11.2. The van der Waals surface area contributed by atoms with Crippen LogP contribution in [0.5, 0.6) is 0 Å². The number of halogens is 4. The number of hydrogen-bond acceptors (Lipinski definition) is 5. The van der Waals surface area contributed by atoms with Crippen molar-refractivity contribution in [2.75, 3.05) is 10.6 Å². The van der Waals surface area contributed by atoms with Crippen molar-refractivity contribution in [3.63, 3.8) is 0 Å². The molecule has 0 aliphatic heterocycles. The molecule has 0 aliphatic rings. The number of aryl methyl sites for hydroxylation is 1. The van der Waals surface area contributed by atoms with Gasteiger partial charge in [-0.3, -0.25) is 19.3 Å². The average molecular weight is 596 g/mol. The molecule has 0 radical (unpaired) electrons. The van der Waals surface area contributed by atoms with Crippen molar-refractivity contribution in [2.24, 2.45) is 0 Å². The van der Waals surface area contributed by atoms with E-state index >= 15 is 0 Å². The maximum absolute atomic E-state index is 15.0. The van der Waals surface area contributed by atoms with Crippen LogP contribution in [0.4, 0.5) is 34.6 Å². The molecule has 44 heavy (non-hydrogen) atoms. The zero-order valence-corrected chi connectivity index (χ0v) is 22.9. The summed E-state index contributed by atoms with van der Waals surface area (Å²) in [6.45, 7) is 1.64. The van der Waals surface area contributed by atoms with Crippen LogP contribution in [0.25, 0.3) is 16.8 Å². The second kappa shape index (κ2) is 11.4. The van der Waals surface area contributed by atoms with Crippen LogP contribution in [0.2, 0.25) is 0 Å². The lowest BCUT2D eigenvalue weighted by atomic mass is 10.0. The minimum Gasteiger partial charge on any atom is -0.350 e. The zero-order valence-electron chi connectivity index (χ0n) is 22.9. The van der Waals surface area contributed by atoms with Crippen molar-refractivity contribution in [1.29, 1.82) is 0 Å². The van der Waals surface area contributed by atoms with Crippen LogP contribution in [0.3, 0.4) is 0 Å². The van der Waals surface area contributed by atoms with Crippen molar-refractivity contribution >= 4 is 28.6 Å². The summed E-state index contributed by atoms with van der Waals surface area (Å²) in [5, 5.41) is 12.3. The summed E-state index contributed by atoms with van der Waals surface area (Å²) in [7, 11) is 0. The number of carbonyl (C=O) groups is 1. The first-order valence-electron chi connectivity index (χ1n) is 13.1. The van der Waals surface area contributed by atoms with E-state index in [1.54, 1.807) is 48.2 Å². The first-order chi connectivity index (χ1) is 21.2. The molecule has 6 rings (SSSR count). The highest BCUT2D eigenvalue weighted by atomic mass is 19.4. The quantitative estimate of drug-likeness (QED) is 0.148. The molecule has 218 valence electrons. The van der Waals surface area contributed by atoms with Crippen LogP contribution >= 0.6 is 0 Å².